The van der Waals surface area contributed by atoms with E-state index >= 15 is 0 Å². The van der Waals surface area contributed by atoms with Crippen molar-refractivity contribution < 1.29 is 15.0 Å². The molecule has 1 unspecified atom stereocenters. The average molecular weight is 147 g/mol. The van der Waals surface area contributed by atoms with E-state index in [0.29, 0.717) is 6.42 Å². The molecule has 0 fully saturated rings. The van der Waals surface area contributed by atoms with E-state index in [2.05, 4.69) is 5.32 Å². The maximum Gasteiger partial charge on any atom is 0.404 e. The highest BCUT2D eigenvalue weighted by Gasteiger charge is 2.12. The molecule has 0 saturated carbocycles. The molecular formula is C6H13NO3. The summed E-state index contributed by atoms with van der Waals surface area (Å²) in [4.78, 5) is 10.0. The fraction of sp³-hybridized carbons (Fsp3) is 0.833. The highest BCUT2D eigenvalue weighted by molar-refractivity contribution is 5.64. The molecular weight excluding hydrogens is 134 g/mol. The SMILES string of the molecule is CCC(O)[C@H](C)NC(=O)O. The summed E-state index contributed by atoms with van der Waals surface area (Å²) in [6, 6.07) is -0.387. The van der Waals surface area contributed by atoms with Gasteiger partial charge in [0.2, 0.25) is 0 Å². The molecule has 1 amide bonds. The van der Waals surface area contributed by atoms with Crippen LogP contribution in [0.15, 0.2) is 0 Å². The Bertz CT molecular complexity index is 116. The van der Waals surface area contributed by atoms with E-state index in [1.54, 1.807) is 13.8 Å². The van der Waals surface area contributed by atoms with Gasteiger partial charge in [-0.1, -0.05) is 6.92 Å². The van der Waals surface area contributed by atoms with E-state index < -0.39 is 12.2 Å². The van der Waals surface area contributed by atoms with Crippen LogP contribution in [0.25, 0.3) is 0 Å². The lowest BCUT2D eigenvalue weighted by Gasteiger charge is -2.16. The van der Waals surface area contributed by atoms with Gasteiger partial charge in [-0.25, -0.2) is 4.79 Å². The van der Waals surface area contributed by atoms with E-state index in [9.17, 15) is 4.79 Å². The molecule has 0 heterocycles. The Morgan fingerprint density at radius 1 is 1.70 bits per heavy atom. The van der Waals surface area contributed by atoms with Gasteiger partial charge in [0.25, 0.3) is 0 Å². The molecule has 0 spiro atoms. The minimum Gasteiger partial charge on any atom is -0.465 e. The molecule has 0 bridgehead atoms. The Hall–Kier alpha value is -0.770. The van der Waals surface area contributed by atoms with Crippen molar-refractivity contribution in [2.24, 2.45) is 0 Å². The lowest BCUT2D eigenvalue weighted by Crippen LogP contribution is -2.39. The number of carbonyl (C=O) groups is 1. The summed E-state index contributed by atoms with van der Waals surface area (Å²) in [6.45, 7) is 3.42. The van der Waals surface area contributed by atoms with Crippen LogP contribution >= 0.6 is 0 Å². The highest BCUT2D eigenvalue weighted by atomic mass is 16.4. The summed E-state index contributed by atoms with van der Waals surface area (Å²) in [5.41, 5.74) is 0. The normalized spacial score (nSPS) is 15.9. The summed E-state index contributed by atoms with van der Waals surface area (Å²) in [5.74, 6) is 0. The molecule has 2 atom stereocenters. The lowest BCUT2D eigenvalue weighted by molar-refractivity contribution is 0.123. The van der Waals surface area contributed by atoms with Gasteiger partial charge in [0.15, 0.2) is 0 Å². The Labute approximate surface area is 59.9 Å². The molecule has 0 aromatic carbocycles. The summed E-state index contributed by atoms with van der Waals surface area (Å²) in [5, 5.41) is 19.4. The van der Waals surface area contributed by atoms with Crippen LogP contribution in [0.5, 0.6) is 0 Å². The van der Waals surface area contributed by atoms with Crippen molar-refractivity contribution in [2.75, 3.05) is 0 Å². The van der Waals surface area contributed by atoms with Gasteiger partial charge in [-0.2, -0.15) is 0 Å². The molecule has 0 aromatic rings. The lowest BCUT2D eigenvalue weighted by atomic mass is 10.1. The molecule has 3 N–H and O–H groups in total. The van der Waals surface area contributed by atoms with Gasteiger partial charge in [0.05, 0.1) is 12.1 Å². The zero-order valence-electron chi connectivity index (χ0n) is 6.16. The molecule has 0 rings (SSSR count). The van der Waals surface area contributed by atoms with Crippen LogP contribution in [0.3, 0.4) is 0 Å². The van der Waals surface area contributed by atoms with Gasteiger partial charge in [-0.15, -0.1) is 0 Å². The van der Waals surface area contributed by atoms with E-state index in [0.717, 1.165) is 0 Å². The van der Waals surface area contributed by atoms with Gasteiger partial charge in [-0.05, 0) is 13.3 Å². The first-order valence-electron chi connectivity index (χ1n) is 3.25. The standard InChI is InChI=1S/C6H13NO3/c1-3-5(8)4(2)7-6(9)10/h4-5,7-8H,3H2,1-2H3,(H,9,10)/t4-,5?/m0/s1. The molecule has 0 aliphatic carbocycles. The Morgan fingerprint density at radius 3 is 2.50 bits per heavy atom. The van der Waals surface area contributed by atoms with E-state index in [1.165, 1.54) is 0 Å². The van der Waals surface area contributed by atoms with Crippen molar-refractivity contribution in [1.29, 1.82) is 0 Å². The van der Waals surface area contributed by atoms with Crippen LogP contribution in [0.4, 0.5) is 4.79 Å². The molecule has 0 aliphatic heterocycles. The topological polar surface area (TPSA) is 69.6 Å². The first-order valence-corrected chi connectivity index (χ1v) is 3.25. The largest absolute Gasteiger partial charge is 0.465 e. The molecule has 60 valence electrons. The number of carboxylic acid groups (broad SMARTS) is 1. The van der Waals surface area contributed by atoms with Crippen LogP contribution in [-0.4, -0.2) is 28.5 Å². The minimum atomic E-state index is -1.10. The Balaban J connectivity index is 3.61. The summed E-state index contributed by atoms with van der Waals surface area (Å²) in [6.07, 6.45) is -1.13. The second-order valence-corrected chi connectivity index (χ2v) is 2.21. The predicted octanol–water partition coefficient (Wildman–Crippen LogP) is 0.413. The number of amides is 1. The van der Waals surface area contributed by atoms with E-state index in [4.69, 9.17) is 10.2 Å². The molecule has 10 heavy (non-hydrogen) atoms. The van der Waals surface area contributed by atoms with E-state index in [1.807, 2.05) is 0 Å². The van der Waals surface area contributed by atoms with Crippen molar-refractivity contribution in [3.63, 3.8) is 0 Å². The molecule has 4 heteroatoms. The second kappa shape index (κ2) is 4.11. The third kappa shape index (κ3) is 3.29. The van der Waals surface area contributed by atoms with Crippen molar-refractivity contribution in [3.05, 3.63) is 0 Å². The molecule has 4 nitrogen and oxygen atoms in total. The summed E-state index contributed by atoms with van der Waals surface area (Å²) < 4.78 is 0. The molecule has 0 radical (unpaired) electrons. The van der Waals surface area contributed by atoms with Crippen LogP contribution in [0.2, 0.25) is 0 Å². The first kappa shape index (κ1) is 9.23. The summed E-state index contributed by atoms with van der Waals surface area (Å²) >= 11 is 0. The first-order chi connectivity index (χ1) is 4.57. The third-order valence-electron chi connectivity index (χ3n) is 1.35. The zero-order valence-corrected chi connectivity index (χ0v) is 6.16. The number of aliphatic hydroxyl groups excluding tert-OH is 1. The van der Waals surface area contributed by atoms with Gasteiger partial charge in [-0.3, -0.25) is 0 Å². The van der Waals surface area contributed by atoms with Crippen molar-refractivity contribution in [2.45, 2.75) is 32.4 Å². The van der Waals surface area contributed by atoms with Crippen molar-refractivity contribution in [1.82, 2.24) is 5.32 Å². The number of hydrogen-bond donors (Lipinski definition) is 3. The quantitative estimate of drug-likeness (QED) is 0.541. The molecule has 0 aliphatic rings. The van der Waals surface area contributed by atoms with Crippen LogP contribution in [-0.2, 0) is 0 Å². The Kier molecular flexibility index (Phi) is 3.79. The molecule has 0 saturated heterocycles. The van der Waals surface area contributed by atoms with Crippen LogP contribution in [0.1, 0.15) is 20.3 Å². The minimum absolute atomic E-state index is 0.387. The van der Waals surface area contributed by atoms with Crippen molar-refractivity contribution >= 4 is 6.09 Å². The molecule has 0 aromatic heterocycles. The fourth-order valence-corrected chi connectivity index (χ4v) is 0.645. The van der Waals surface area contributed by atoms with Crippen molar-refractivity contribution in [3.8, 4) is 0 Å². The van der Waals surface area contributed by atoms with Gasteiger partial charge < -0.3 is 15.5 Å². The van der Waals surface area contributed by atoms with Crippen LogP contribution < -0.4 is 5.32 Å². The Morgan fingerprint density at radius 2 is 2.20 bits per heavy atom. The van der Waals surface area contributed by atoms with E-state index in [-0.39, 0.29) is 6.04 Å². The number of aliphatic hydroxyl groups is 1. The predicted molar refractivity (Wildman–Crippen MR) is 36.9 cm³/mol. The maximum atomic E-state index is 10.0. The van der Waals surface area contributed by atoms with Gasteiger partial charge in [0.1, 0.15) is 0 Å². The maximum absolute atomic E-state index is 10.0. The number of nitrogens with one attached hydrogen (secondary N) is 1. The van der Waals surface area contributed by atoms with Gasteiger partial charge in [0, 0.05) is 0 Å². The number of hydrogen-bond acceptors (Lipinski definition) is 2. The van der Waals surface area contributed by atoms with Crippen LogP contribution in [0, 0.1) is 0 Å². The smallest absolute Gasteiger partial charge is 0.404 e. The fourth-order valence-electron chi connectivity index (χ4n) is 0.645. The zero-order chi connectivity index (χ0) is 8.15. The second-order valence-electron chi connectivity index (χ2n) is 2.21. The average Bonchev–Trinajstić information content (AvgIpc) is 1.85. The monoisotopic (exact) mass is 147 g/mol. The highest BCUT2D eigenvalue weighted by Crippen LogP contribution is 1.96. The third-order valence-corrected chi connectivity index (χ3v) is 1.35. The van der Waals surface area contributed by atoms with Gasteiger partial charge >= 0.3 is 6.09 Å². The summed E-state index contributed by atoms with van der Waals surface area (Å²) in [7, 11) is 0. The number of rotatable bonds is 3.